The van der Waals surface area contributed by atoms with Gasteiger partial charge in [-0.15, -0.1) is 11.6 Å². The van der Waals surface area contributed by atoms with Crippen molar-refractivity contribution in [3.8, 4) is 0 Å². The normalized spacial score (nSPS) is 13.0. The molecule has 0 radical (unpaired) electrons. The van der Waals surface area contributed by atoms with Crippen LogP contribution in [0.3, 0.4) is 0 Å². The van der Waals surface area contributed by atoms with Gasteiger partial charge in [0.05, 0.1) is 5.56 Å². The molecule has 0 saturated carbocycles. The summed E-state index contributed by atoms with van der Waals surface area (Å²) in [6, 6.07) is 6.62. The molecule has 0 aliphatic rings. The highest BCUT2D eigenvalue weighted by atomic mass is 35.5. The molecule has 1 amide bonds. The van der Waals surface area contributed by atoms with Crippen LogP contribution in [-0.4, -0.2) is 12.5 Å². The fraction of sp³-hybridized carbons (Fsp3) is 0.211. The quantitative estimate of drug-likeness (QED) is 0.347. The van der Waals surface area contributed by atoms with Crippen molar-refractivity contribution in [2.24, 2.45) is 0 Å². The number of carbonyl (C=O) groups excluding carboxylic acids is 1. The Balaban J connectivity index is 2.42. The predicted octanol–water partition coefficient (Wildman–Crippen LogP) is 5.87. The molecule has 1 atom stereocenters. The minimum absolute atomic E-state index is 0.0320. The Morgan fingerprint density at radius 2 is 1.78 bits per heavy atom. The molecule has 0 saturated heterocycles. The van der Waals surface area contributed by atoms with Crippen LogP contribution in [0.2, 0.25) is 0 Å². The summed E-state index contributed by atoms with van der Waals surface area (Å²) in [7, 11) is 0. The lowest BCUT2D eigenvalue weighted by Gasteiger charge is -2.25. The summed E-state index contributed by atoms with van der Waals surface area (Å²) in [5.41, 5.74) is -1.09. The molecule has 2 nitrogen and oxygen atoms in total. The van der Waals surface area contributed by atoms with Crippen LogP contribution in [0.15, 0.2) is 54.6 Å². The van der Waals surface area contributed by atoms with Crippen molar-refractivity contribution in [2.45, 2.75) is 18.5 Å². The predicted molar refractivity (Wildman–Crippen MR) is 93.6 cm³/mol. The Bertz CT molecular complexity index is 830. The van der Waals surface area contributed by atoms with Crippen LogP contribution < -0.4 is 4.90 Å². The van der Waals surface area contributed by atoms with E-state index in [1.165, 1.54) is 12.1 Å². The molecular formula is C19H15ClF5NO. The molecule has 2 rings (SSSR count). The number of nitrogens with zero attached hydrogens (tertiary/aromatic N) is 1. The van der Waals surface area contributed by atoms with Gasteiger partial charge in [-0.05, 0) is 42.8 Å². The van der Waals surface area contributed by atoms with Gasteiger partial charge in [0.25, 0.3) is 0 Å². The molecule has 0 N–H and O–H groups in total. The number of hydrogen-bond acceptors (Lipinski definition) is 1. The highest BCUT2D eigenvalue weighted by Crippen LogP contribution is 2.33. The van der Waals surface area contributed by atoms with Crippen molar-refractivity contribution in [3.63, 3.8) is 0 Å². The smallest absolute Gasteiger partial charge is 0.307 e. The molecule has 0 aromatic heterocycles. The minimum atomic E-state index is -4.59. The molecular weight excluding hydrogens is 389 g/mol. The Morgan fingerprint density at radius 3 is 2.33 bits per heavy atom. The molecule has 0 spiro atoms. The van der Waals surface area contributed by atoms with E-state index in [0.717, 1.165) is 29.2 Å². The van der Waals surface area contributed by atoms with Gasteiger partial charge in [-0.2, -0.15) is 13.2 Å². The second-order valence-electron chi connectivity index (χ2n) is 5.63. The Kier molecular flexibility index (Phi) is 6.59. The van der Waals surface area contributed by atoms with Crippen molar-refractivity contribution in [3.05, 3.63) is 77.4 Å². The van der Waals surface area contributed by atoms with E-state index >= 15 is 0 Å². The first kappa shape index (κ1) is 20.9. The highest BCUT2D eigenvalue weighted by Gasteiger charge is 2.32. The van der Waals surface area contributed by atoms with Gasteiger partial charge < -0.3 is 4.90 Å². The van der Waals surface area contributed by atoms with Crippen molar-refractivity contribution in [1.82, 2.24) is 0 Å². The molecule has 2 aromatic carbocycles. The van der Waals surface area contributed by atoms with Crippen molar-refractivity contribution in [1.29, 1.82) is 0 Å². The summed E-state index contributed by atoms with van der Waals surface area (Å²) in [6.07, 6.45) is -1.43. The van der Waals surface area contributed by atoms with Gasteiger partial charge in [0.1, 0.15) is 17.0 Å². The maximum absolute atomic E-state index is 13.4. The third-order valence-electron chi connectivity index (χ3n) is 3.67. The Labute approximate surface area is 157 Å². The van der Waals surface area contributed by atoms with Gasteiger partial charge in [-0.3, -0.25) is 4.79 Å². The van der Waals surface area contributed by atoms with E-state index in [1.54, 1.807) is 19.1 Å². The van der Waals surface area contributed by atoms with E-state index in [2.05, 4.69) is 0 Å². The first-order valence-electron chi connectivity index (χ1n) is 7.83. The lowest BCUT2D eigenvalue weighted by molar-refractivity contribution is -0.137. The number of amides is 1. The first-order chi connectivity index (χ1) is 12.6. The molecule has 0 fully saturated rings. The number of carbonyl (C=O) groups is 1. The topological polar surface area (TPSA) is 20.3 Å². The standard InChI is InChI=1S/C19H15ClF5NO/c1-2-3-7-26(16-6-4-5-13(10-16)19(23,24)25)18(27)17(20)12-8-14(21)11-15(22)9-12/h2-6,8-11,17H,7H2,1H3. The largest absolute Gasteiger partial charge is 0.416 e. The molecule has 27 heavy (non-hydrogen) atoms. The highest BCUT2D eigenvalue weighted by molar-refractivity contribution is 6.32. The summed E-state index contributed by atoms with van der Waals surface area (Å²) < 4.78 is 65.7. The lowest BCUT2D eigenvalue weighted by atomic mass is 10.1. The summed E-state index contributed by atoms with van der Waals surface area (Å²) in [4.78, 5) is 13.8. The van der Waals surface area contributed by atoms with Gasteiger partial charge in [-0.1, -0.05) is 18.2 Å². The van der Waals surface area contributed by atoms with E-state index in [9.17, 15) is 26.7 Å². The van der Waals surface area contributed by atoms with Crippen molar-refractivity contribution in [2.75, 3.05) is 11.4 Å². The number of rotatable bonds is 5. The molecule has 8 heteroatoms. The Morgan fingerprint density at radius 1 is 1.15 bits per heavy atom. The van der Waals surface area contributed by atoms with E-state index in [1.807, 2.05) is 0 Å². The average Bonchev–Trinajstić information content (AvgIpc) is 2.60. The number of alkyl halides is 4. The third kappa shape index (κ3) is 5.29. The van der Waals surface area contributed by atoms with Crippen LogP contribution in [0.5, 0.6) is 0 Å². The zero-order valence-corrected chi connectivity index (χ0v) is 14.9. The van der Waals surface area contributed by atoms with Crippen LogP contribution in [-0.2, 0) is 11.0 Å². The number of anilines is 1. The summed E-state index contributed by atoms with van der Waals surface area (Å²) >= 11 is 6.08. The van der Waals surface area contributed by atoms with Gasteiger partial charge in [0.2, 0.25) is 5.91 Å². The van der Waals surface area contributed by atoms with E-state index < -0.39 is 34.7 Å². The van der Waals surface area contributed by atoms with Crippen LogP contribution >= 0.6 is 11.6 Å². The monoisotopic (exact) mass is 403 g/mol. The maximum atomic E-state index is 13.4. The van der Waals surface area contributed by atoms with Gasteiger partial charge in [0, 0.05) is 18.3 Å². The molecule has 0 aliphatic heterocycles. The second kappa shape index (κ2) is 8.52. The molecule has 0 bridgehead atoms. The van der Waals surface area contributed by atoms with Crippen LogP contribution in [0.1, 0.15) is 23.4 Å². The van der Waals surface area contributed by atoms with Crippen LogP contribution in [0, 0.1) is 11.6 Å². The fourth-order valence-corrected chi connectivity index (χ4v) is 2.63. The number of benzene rings is 2. The van der Waals surface area contributed by atoms with E-state index in [-0.39, 0.29) is 17.8 Å². The molecule has 2 aromatic rings. The summed E-state index contributed by atoms with van der Waals surface area (Å²) in [5.74, 6) is -2.64. The van der Waals surface area contributed by atoms with Crippen molar-refractivity contribution >= 4 is 23.2 Å². The van der Waals surface area contributed by atoms with Crippen molar-refractivity contribution < 1.29 is 26.7 Å². The van der Waals surface area contributed by atoms with Gasteiger partial charge in [0.15, 0.2) is 0 Å². The average molecular weight is 404 g/mol. The molecule has 1 unspecified atom stereocenters. The van der Waals surface area contributed by atoms with Gasteiger partial charge >= 0.3 is 6.18 Å². The zero-order chi connectivity index (χ0) is 20.2. The number of hydrogen-bond donors (Lipinski definition) is 0. The van der Waals surface area contributed by atoms with E-state index in [4.69, 9.17) is 11.6 Å². The lowest BCUT2D eigenvalue weighted by Crippen LogP contribution is -2.34. The fourth-order valence-electron chi connectivity index (χ4n) is 2.38. The SMILES string of the molecule is CC=CCN(C(=O)C(Cl)c1cc(F)cc(F)c1)c1cccc(C(F)(F)F)c1. The Hall–Kier alpha value is -2.41. The van der Waals surface area contributed by atoms with Crippen LogP contribution in [0.4, 0.5) is 27.6 Å². The first-order valence-corrected chi connectivity index (χ1v) is 8.27. The molecule has 0 heterocycles. The second-order valence-corrected chi connectivity index (χ2v) is 6.07. The third-order valence-corrected chi connectivity index (χ3v) is 4.11. The minimum Gasteiger partial charge on any atom is -0.307 e. The number of allylic oxidation sites excluding steroid dienone is 1. The summed E-state index contributed by atoms with van der Waals surface area (Å²) in [5, 5.41) is -1.48. The molecule has 0 aliphatic carbocycles. The number of halogens is 6. The van der Waals surface area contributed by atoms with E-state index in [0.29, 0.717) is 6.07 Å². The maximum Gasteiger partial charge on any atom is 0.416 e. The molecule has 144 valence electrons. The zero-order valence-electron chi connectivity index (χ0n) is 14.1. The summed E-state index contributed by atoms with van der Waals surface area (Å²) in [6.45, 7) is 1.62. The van der Waals surface area contributed by atoms with Crippen LogP contribution in [0.25, 0.3) is 0 Å². The van der Waals surface area contributed by atoms with Gasteiger partial charge in [-0.25, -0.2) is 8.78 Å².